The average molecular weight is 409 g/mol. The summed E-state index contributed by atoms with van der Waals surface area (Å²) in [5, 5.41) is 30.8. The van der Waals surface area contributed by atoms with E-state index in [1.165, 1.54) is 26.0 Å². The zero-order chi connectivity index (χ0) is 22.6. The molecule has 0 aliphatic carbocycles. The predicted molar refractivity (Wildman–Crippen MR) is 103 cm³/mol. The topological polar surface area (TPSA) is 170 Å². The second-order valence-electron chi connectivity index (χ2n) is 7.50. The van der Waals surface area contributed by atoms with Gasteiger partial charge in [-0.15, -0.1) is 0 Å². The van der Waals surface area contributed by atoms with Crippen molar-refractivity contribution in [1.82, 2.24) is 10.2 Å². The van der Waals surface area contributed by atoms with Gasteiger partial charge >= 0.3 is 17.9 Å². The van der Waals surface area contributed by atoms with Gasteiger partial charge in [0.25, 0.3) is 5.91 Å². The molecule has 10 heteroatoms. The highest BCUT2D eigenvalue weighted by molar-refractivity contribution is 6.02. The molecule has 0 saturated heterocycles. The van der Waals surface area contributed by atoms with Crippen LogP contribution in [0.5, 0.6) is 0 Å². The van der Waals surface area contributed by atoms with Gasteiger partial charge in [0.15, 0.2) is 11.1 Å². The highest BCUT2D eigenvalue weighted by Gasteiger charge is 2.63. The maximum absolute atomic E-state index is 12.8. The number of carbonyl (C=O) groups is 4. The van der Waals surface area contributed by atoms with Crippen molar-refractivity contribution >= 4 is 23.8 Å². The fraction of sp³-hybridized carbons (Fsp3) is 0.474. The number of carboxylic acid groups (broad SMARTS) is 3. The molecule has 0 aromatic heterocycles. The fourth-order valence-electron chi connectivity index (χ4n) is 3.26. The van der Waals surface area contributed by atoms with Crippen molar-refractivity contribution < 1.29 is 34.5 Å². The van der Waals surface area contributed by atoms with E-state index < -0.39 is 47.2 Å². The molecule has 1 aromatic carbocycles. The number of rotatable bonds is 10. The van der Waals surface area contributed by atoms with Crippen LogP contribution in [0.15, 0.2) is 24.3 Å². The number of aliphatic carboxylic acids is 3. The van der Waals surface area contributed by atoms with Crippen LogP contribution >= 0.6 is 0 Å². The summed E-state index contributed by atoms with van der Waals surface area (Å²) in [6.07, 6.45) is -1.20. The lowest BCUT2D eigenvalue weighted by Gasteiger charge is -2.44. The Morgan fingerprint density at radius 3 is 1.90 bits per heavy atom. The normalized spacial score (nSPS) is 15.4. The van der Waals surface area contributed by atoms with Gasteiger partial charge in [0.05, 0.1) is 6.42 Å². The molecule has 0 fully saturated rings. The molecule has 0 heterocycles. The van der Waals surface area contributed by atoms with E-state index >= 15 is 0 Å². The lowest BCUT2D eigenvalue weighted by Crippen LogP contribution is -2.78. The largest absolute Gasteiger partial charge is 0.481 e. The molecule has 160 valence electrons. The van der Waals surface area contributed by atoms with Gasteiger partial charge in [-0.05, 0) is 37.7 Å². The Morgan fingerprint density at radius 1 is 1.03 bits per heavy atom. The van der Waals surface area contributed by atoms with Crippen LogP contribution in [0.3, 0.4) is 0 Å². The molecule has 0 aliphatic heterocycles. The van der Waals surface area contributed by atoms with Crippen LogP contribution < -0.4 is 11.1 Å². The monoisotopic (exact) mass is 409 g/mol. The third-order valence-electron chi connectivity index (χ3n) is 4.74. The van der Waals surface area contributed by atoms with Crippen LogP contribution in [0.4, 0.5) is 0 Å². The van der Waals surface area contributed by atoms with Crippen molar-refractivity contribution in [2.24, 2.45) is 11.7 Å². The minimum atomic E-state index is -2.79. The number of benzene rings is 1. The first kappa shape index (κ1) is 24.1. The number of hydrogen-bond acceptors (Lipinski definition) is 6. The van der Waals surface area contributed by atoms with E-state index in [9.17, 15) is 29.4 Å². The molecule has 29 heavy (non-hydrogen) atoms. The minimum Gasteiger partial charge on any atom is -0.481 e. The van der Waals surface area contributed by atoms with Gasteiger partial charge < -0.3 is 31.3 Å². The summed E-state index contributed by atoms with van der Waals surface area (Å²) >= 11 is 0. The van der Waals surface area contributed by atoms with Gasteiger partial charge in [0, 0.05) is 12.1 Å². The molecule has 0 saturated carbocycles. The van der Waals surface area contributed by atoms with Crippen molar-refractivity contribution in [2.75, 3.05) is 14.1 Å². The van der Waals surface area contributed by atoms with Gasteiger partial charge in [0.2, 0.25) is 0 Å². The minimum absolute atomic E-state index is 0.0850. The smallest absolute Gasteiger partial charge is 0.332 e. The summed E-state index contributed by atoms with van der Waals surface area (Å²) in [6.45, 7) is 3.32. The molecule has 0 spiro atoms. The van der Waals surface area contributed by atoms with Crippen LogP contribution in [-0.2, 0) is 20.9 Å². The number of carbonyl (C=O) groups excluding carboxylic acids is 1. The maximum atomic E-state index is 12.8. The molecule has 0 bridgehead atoms. The number of hydrogen-bond donors (Lipinski definition) is 5. The van der Waals surface area contributed by atoms with Gasteiger partial charge in [-0.3, -0.25) is 14.4 Å². The molecule has 0 aliphatic rings. The highest BCUT2D eigenvalue weighted by atomic mass is 16.4. The molecule has 1 aromatic rings. The van der Waals surface area contributed by atoms with Gasteiger partial charge in [0.1, 0.15) is 0 Å². The lowest BCUT2D eigenvalue weighted by atomic mass is 9.68. The summed E-state index contributed by atoms with van der Waals surface area (Å²) in [5.74, 6) is -7.12. The molecule has 2 atom stereocenters. The van der Waals surface area contributed by atoms with E-state index in [2.05, 4.69) is 5.32 Å². The first-order valence-corrected chi connectivity index (χ1v) is 8.81. The van der Waals surface area contributed by atoms with Gasteiger partial charge in [-0.25, -0.2) is 4.79 Å². The number of nitrogens with zero attached hydrogens (tertiary/aromatic N) is 1. The van der Waals surface area contributed by atoms with Crippen LogP contribution in [0.25, 0.3) is 0 Å². The highest BCUT2D eigenvalue weighted by Crippen LogP contribution is 2.33. The molecule has 6 N–H and O–H groups in total. The Labute approximate surface area is 168 Å². The van der Waals surface area contributed by atoms with E-state index in [0.717, 1.165) is 5.56 Å². The fourth-order valence-corrected chi connectivity index (χ4v) is 3.26. The Balaban J connectivity index is 3.42. The second-order valence-corrected chi connectivity index (χ2v) is 7.50. The third-order valence-corrected chi connectivity index (χ3v) is 4.74. The van der Waals surface area contributed by atoms with E-state index in [0.29, 0.717) is 6.54 Å². The SMILES string of the molecule is CC(C)[C@@](NC(=O)c1ccc(CN(C)C)cc1)(C(=O)O)[C@](N)(CC(=O)O)C(=O)O. The summed E-state index contributed by atoms with van der Waals surface area (Å²) in [7, 11) is 3.75. The zero-order valence-electron chi connectivity index (χ0n) is 16.8. The van der Waals surface area contributed by atoms with Gasteiger partial charge in [-0.1, -0.05) is 26.0 Å². The molecule has 1 rings (SSSR count). The lowest BCUT2D eigenvalue weighted by molar-refractivity contribution is -0.165. The van der Waals surface area contributed by atoms with Crippen LogP contribution in [0.2, 0.25) is 0 Å². The zero-order valence-corrected chi connectivity index (χ0v) is 16.8. The van der Waals surface area contributed by atoms with Crippen molar-refractivity contribution in [1.29, 1.82) is 0 Å². The van der Waals surface area contributed by atoms with E-state index in [1.54, 1.807) is 12.1 Å². The molecule has 0 unspecified atom stereocenters. The average Bonchev–Trinajstić information content (AvgIpc) is 2.57. The number of nitrogens with two attached hydrogens (primary N) is 1. The summed E-state index contributed by atoms with van der Waals surface area (Å²) in [6, 6.07) is 6.29. The van der Waals surface area contributed by atoms with Crippen LogP contribution in [0.1, 0.15) is 36.2 Å². The molecule has 10 nitrogen and oxygen atoms in total. The van der Waals surface area contributed by atoms with E-state index in [-0.39, 0.29) is 5.56 Å². The van der Waals surface area contributed by atoms with Crippen molar-refractivity contribution in [2.45, 2.75) is 37.9 Å². The predicted octanol–water partition coefficient (Wildman–Crippen LogP) is 0.214. The van der Waals surface area contributed by atoms with Crippen molar-refractivity contribution in [3.63, 3.8) is 0 Å². The molecular weight excluding hydrogens is 382 g/mol. The number of nitrogens with one attached hydrogen (secondary N) is 1. The summed E-state index contributed by atoms with van der Waals surface area (Å²) < 4.78 is 0. The Morgan fingerprint density at radius 2 is 1.55 bits per heavy atom. The molecule has 1 amide bonds. The Bertz CT molecular complexity index is 791. The first-order chi connectivity index (χ1) is 13.3. The van der Waals surface area contributed by atoms with Crippen molar-refractivity contribution in [3.8, 4) is 0 Å². The van der Waals surface area contributed by atoms with Crippen LogP contribution in [-0.4, -0.2) is 69.2 Å². The number of amides is 1. The van der Waals surface area contributed by atoms with Gasteiger partial charge in [-0.2, -0.15) is 0 Å². The second kappa shape index (κ2) is 9.01. The van der Waals surface area contributed by atoms with E-state index in [1.807, 2.05) is 19.0 Å². The Kier molecular flexibility index (Phi) is 7.48. The number of carboxylic acids is 3. The Hall–Kier alpha value is -2.98. The third kappa shape index (κ3) is 4.90. The maximum Gasteiger partial charge on any atom is 0.332 e. The molecule has 0 radical (unpaired) electrons. The summed E-state index contributed by atoms with van der Waals surface area (Å²) in [5.41, 5.74) is 1.47. The quantitative estimate of drug-likeness (QED) is 0.362. The van der Waals surface area contributed by atoms with E-state index in [4.69, 9.17) is 10.8 Å². The summed E-state index contributed by atoms with van der Waals surface area (Å²) in [4.78, 5) is 50.0. The first-order valence-electron chi connectivity index (χ1n) is 8.81. The molecular formula is C19H27N3O7. The van der Waals surface area contributed by atoms with Crippen molar-refractivity contribution in [3.05, 3.63) is 35.4 Å². The standard InChI is InChI=1S/C19H27N3O7/c1-11(2)19(17(28)29,18(20,16(26)27)9-14(23)24)21-15(25)13-7-5-12(6-8-13)10-22(3)4/h5-8,11H,9-10,20H2,1-4H3,(H,21,25)(H,23,24)(H,26,27)(H,28,29)/t18-,19+/m0/s1. The van der Waals surface area contributed by atoms with Crippen LogP contribution in [0, 0.1) is 5.92 Å².